The molecule has 1 aliphatic rings. The number of likely N-dealkylation sites (tertiary alicyclic amines) is 1. The molecule has 1 fully saturated rings. The van der Waals surface area contributed by atoms with Crippen LogP contribution in [0.4, 0.5) is 8.78 Å². The lowest BCUT2D eigenvalue weighted by atomic mass is 10.0. The molecule has 1 aliphatic heterocycles. The quantitative estimate of drug-likeness (QED) is 0.234. The summed E-state index contributed by atoms with van der Waals surface area (Å²) in [6.45, 7) is 2.64. The first-order valence-electron chi connectivity index (χ1n) is 12.2. The molecule has 200 valence electrons. The van der Waals surface area contributed by atoms with Crippen molar-refractivity contribution in [1.82, 2.24) is 29.6 Å². The molecule has 39 heavy (non-hydrogen) atoms. The third-order valence-corrected chi connectivity index (χ3v) is 7.41. The second-order valence-corrected chi connectivity index (χ2v) is 10.3. The summed E-state index contributed by atoms with van der Waals surface area (Å²) < 4.78 is 29.9. The Bertz CT molecular complexity index is 1610. The number of hydrogen-bond acceptors (Lipinski definition) is 7. The number of fused-ring (bicyclic) bond motifs is 1. The van der Waals surface area contributed by atoms with E-state index >= 15 is 0 Å². The number of halogens is 3. The first kappa shape index (κ1) is 26.7. The van der Waals surface area contributed by atoms with Gasteiger partial charge < -0.3 is 4.90 Å². The van der Waals surface area contributed by atoms with E-state index in [1.807, 2.05) is 6.07 Å². The second kappa shape index (κ2) is 10.7. The minimum absolute atomic E-state index is 0.143. The van der Waals surface area contributed by atoms with Gasteiger partial charge in [0.05, 0.1) is 18.1 Å². The molecule has 1 saturated heterocycles. The number of nitrogens with zero attached hydrogens (tertiary/aromatic N) is 6. The van der Waals surface area contributed by atoms with E-state index in [2.05, 4.69) is 36.0 Å². The van der Waals surface area contributed by atoms with Crippen LogP contribution in [-0.4, -0.2) is 65.9 Å². The van der Waals surface area contributed by atoms with Crippen LogP contribution < -0.4 is 0 Å². The lowest BCUT2D eigenvalue weighted by Gasteiger charge is -2.23. The van der Waals surface area contributed by atoms with Gasteiger partial charge in [-0.3, -0.25) is 19.1 Å². The molecule has 9 nitrogen and oxygen atoms in total. The predicted molar refractivity (Wildman–Crippen MR) is 141 cm³/mol. The highest BCUT2D eigenvalue weighted by Gasteiger charge is 2.39. The largest absolute Gasteiger partial charge is 0.328 e. The maximum Gasteiger partial charge on any atom is 0.245 e. The highest BCUT2D eigenvalue weighted by Crippen LogP contribution is 2.28. The molecular weight excluding hydrogens is 574 g/mol. The molecule has 4 aromatic rings. The molecule has 0 radical (unpaired) electrons. The zero-order chi connectivity index (χ0) is 27.8. The van der Waals surface area contributed by atoms with Crippen LogP contribution in [0.5, 0.6) is 0 Å². The Kier molecular flexibility index (Phi) is 7.30. The fraction of sp³-hybridized carbons (Fsp3) is 0.296. The van der Waals surface area contributed by atoms with Crippen molar-refractivity contribution in [3.8, 4) is 11.1 Å². The average Bonchev–Trinajstić information content (AvgIpc) is 3.47. The maximum atomic E-state index is 14.5. The van der Waals surface area contributed by atoms with E-state index in [0.717, 1.165) is 17.2 Å². The molecule has 0 bridgehead atoms. The summed E-state index contributed by atoms with van der Waals surface area (Å²) in [7, 11) is 0. The molecule has 1 aromatic carbocycles. The monoisotopic (exact) mass is 596 g/mol. The minimum Gasteiger partial charge on any atom is -0.328 e. The fourth-order valence-electron chi connectivity index (χ4n) is 4.76. The topological polar surface area (TPSA) is 111 Å². The van der Waals surface area contributed by atoms with Gasteiger partial charge in [-0.05, 0) is 52.2 Å². The van der Waals surface area contributed by atoms with Crippen molar-refractivity contribution in [3.63, 3.8) is 0 Å². The second-order valence-electron chi connectivity index (χ2n) is 9.45. The number of hydrogen-bond donors (Lipinski definition) is 0. The summed E-state index contributed by atoms with van der Waals surface area (Å²) >= 11 is 3.25. The van der Waals surface area contributed by atoms with Crippen molar-refractivity contribution in [1.29, 1.82) is 0 Å². The third kappa shape index (κ3) is 5.47. The van der Waals surface area contributed by atoms with Crippen LogP contribution in [0, 0.1) is 12.9 Å². The van der Waals surface area contributed by atoms with E-state index in [4.69, 9.17) is 0 Å². The maximum absolute atomic E-state index is 14.5. The van der Waals surface area contributed by atoms with Crippen LogP contribution in [0.2, 0.25) is 0 Å². The lowest BCUT2D eigenvalue weighted by molar-refractivity contribution is -0.138. The van der Waals surface area contributed by atoms with Crippen LogP contribution in [-0.2, 0) is 22.6 Å². The number of carbonyl (C=O) groups excluding carboxylic acids is 3. The van der Waals surface area contributed by atoms with Gasteiger partial charge in [-0.25, -0.2) is 19.3 Å². The standard InChI is InChI=1S/C27H23BrF2N6O3/c1-14(37)27-20-5-16(18-9-31-15(2)32-10-18)3-4-22(20)36(34-27)13-26(39)35-12-19(29)8-23(35)24(38)6-17-7-25(30)33-11-21(17)28/h3-5,7,9-11,19,23H,6,8,12-13H2,1-2H3/t19-,23+/m1/s1. The van der Waals surface area contributed by atoms with E-state index in [9.17, 15) is 23.2 Å². The number of pyridine rings is 1. The first-order chi connectivity index (χ1) is 18.6. The van der Waals surface area contributed by atoms with Gasteiger partial charge >= 0.3 is 0 Å². The van der Waals surface area contributed by atoms with Crippen LogP contribution >= 0.6 is 15.9 Å². The van der Waals surface area contributed by atoms with E-state index in [1.165, 1.54) is 22.7 Å². The highest BCUT2D eigenvalue weighted by atomic mass is 79.9. The molecule has 1 amide bonds. The van der Waals surface area contributed by atoms with Crippen molar-refractivity contribution in [2.75, 3.05) is 6.54 Å². The fourth-order valence-corrected chi connectivity index (χ4v) is 5.11. The third-order valence-electron chi connectivity index (χ3n) is 6.69. The van der Waals surface area contributed by atoms with Crippen molar-refractivity contribution < 1.29 is 23.2 Å². The smallest absolute Gasteiger partial charge is 0.245 e. The number of benzene rings is 1. The molecular formula is C27H23BrF2N6O3. The van der Waals surface area contributed by atoms with Crippen LogP contribution in [0.1, 0.15) is 35.2 Å². The SMILES string of the molecule is CC(=O)c1nn(CC(=O)N2C[C@H](F)C[C@H]2C(=O)Cc2cc(F)ncc2Br)c2ccc(-c3cnc(C)nc3)cc12. The predicted octanol–water partition coefficient (Wildman–Crippen LogP) is 4.05. The molecule has 0 unspecified atom stereocenters. The van der Waals surface area contributed by atoms with Crippen molar-refractivity contribution in [3.05, 3.63) is 70.4 Å². The average molecular weight is 597 g/mol. The van der Waals surface area contributed by atoms with Crippen molar-refractivity contribution in [2.24, 2.45) is 0 Å². The number of carbonyl (C=O) groups is 3. The first-order valence-corrected chi connectivity index (χ1v) is 13.0. The summed E-state index contributed by atoms with van der Waals surface area (Å²) in [6.07, 6.45) is 2.91. The van der Waals surface area contributed by atoms with E-state index in [1.54, 1.807) is 31.5 Å². The van der Waals surface area contributed by atoms with Crippen LogP contribution in [0.15, 0.2) is 47.3 Å². The molecule has 3 aromatic heterocycles. The van der Waals surface area contributed by atoms with Crippen molar-refractivity contribution in [2.45, 2.75) is 45.4 Å². The molecule has 0 saturated carbocycles. The summed E-state index contributed by atoms with van der Waals surface area (Å²) in [4.78, 5) is 52.0. The number of rotatable bonds is 7. The Labute approximate surface area is 230 Å². The van der Waals surface area contributed by atoms with E-state index < -0.39 is 29.9 Å². The van der Waals surface area contributed by atoms with Gasteiger partial charge in [-0.1, -0.05) is 6.07 Å². The molecule has 2 atom stereocenters. The molecule has 0 N–H and O–H groups in total. The minimum atomic E-state index is -1.37. The molecule has 4 heterocycles. The Morgan fingerprint density at radius 2 is 1.82 bits per heavy atom. The zero-order valence-corrected chi connectivity index (χ0v) is 22.7. The molecule has 0 spiro atoms. The Hall–Kier alpha value is -3.93. The van der Waals surface area contributed by atoms with Gasteiger partial charge in [0.15, 0.2) is 11.6 Å². The summed E-state index contributed by atoms with van der Waals surface area (Å²) in [5.74, 6) is -1.31. The van der Waals surface area contributed by atoms with E-state index in [-0.39, 0.29) is 37.4 Å². The van der Waals surface area contributed by atoms with E-state index in [0.29, 0.717) is 26.8 Å². The van der Waals surface area contributed by atoms with Gasteiger partial charge in [-0.15, -0.1) is 0 Å². The number of alkyl halides is 1. The Morgan fingerprint density at radius 1 is 1.08 bits per heavy atom. The number of aromatic nitrogens is 5. The summed E-state index contributed by atoms with van der Waals surface area (Å²) in [5.41, 5.74) is 2.63. The highest BCUT2D eigenvalue weighted by molar-refractivity contribution is 9.10. The summed E-state index contributed by atoms with van der Waals surface area (Å²) in [5, 5.41) is 4.93. The lowest BCUT2D eigenvalue weighted by Crippen LogP contribution is -2.43. The van der Waals surface area contributed by atoms with Gasteiger partial charge in [0.25, 0.3) is 0 Å². The van der Waals surface area contributed by atoms with Gasteiger partial charge in [-0.2, -0.15) is 9.49 Å². The summed E-state index contributed by atoms with van der Waals surface area (Å²) in [6, 6.07) is 5.48. The molecule has 5 rings (SSSR count). The van der Waals surface area contributed by atoms with Crippen molar-refractivity contribution >= 4 is 44.3 Å². The van der Waals surface area contributed by atoms with Gasteiger partial charge in [0.2, 0.25) is 11.9 Å². The van der Waals surface area contributed by atoms with Crippen LogP contribution in [0.25, 0.3) is 22.0 Å². The Balaban J connectivity index is 1.41. The van der Waals surface area contributed by atoms with Gasteiger partial charge in [0.1, 0.15) is 24.2 Å². The number of Topliss-reactive ketones (excluding diaryl/α,β-unsaturated/α-hetero) is 2. The van der Waals surface area contributed by atoms with Crippen LogP contribution in [0.3, 0.4) is 0 Å². The van der Waals surface area contributed by atoms with Gasteiger partial charge in [0, 0.05) is 53.8 Å². The normalized spacial score (nSPS) is 17.1. The number of aryl methyl sites for hydroxylation is 1. The zero-order valence-electron chi connectivity index (χ0n) is 21.1. The molecule has 0 aliphatic carbocycles. The number of ketones is 2. The number of amides is 1. The Morgan fingerprint density at radius 3 is 2.54 bits per heavy atom. The molecule has 12 heteroatoms.